The lowest BCUT2D eigenvalue weighted by Gasteiger charge is -2.48. The number of fused-ring (bicyclic) bond motifs is 3. The van der Waals surface area contributed by atoms with E-state index in [0.29, 0.717) is 36.5 Å². The average molecular weight is 607 g/mol. The van der Waals surface area contributed by atoms with Crippen molar-refractivity contribution in [2.45, 2.75) is 38.8 Å². The van der Waals surface area contributed by atoms with Crippen LogP contribution in [0.2, 0.25) is 0 Å². The first-order valence-corrected chi connectivity index (χ1v) is 13.8. The van der Waals surface area contributed by atoms with Gasteiger partial charge >= 0.3 is 0 Å². The van der Waals surface area contributed by atoms with E-state index in [1.54, 1.807) is 13.4 Å². The molecule has 2 atom stereocenters. The molecule has 0 bridgehead atoms. The SMILES string of the molecule is C.COc1cc(/C=C2\CCCN3C2=NOC2(COc4cc(F)ccc42)[C@@H]3c2cc(F)c(F)c(F)c2)ccc1-n1cnc(C)c1. The fraction of sp³-hybridized carbons (Fsp3) is 0.273. The minimum Gasteiger partial charge on any atom is -0.495 e. The fourth-order valence-electron chi connectivity index (χ4n) is 6.23. The minimum atomic E-state index is -1.56. The molecule has 1 fully saturated rings. The number of hydrogen-bond donors (Lipinski definition) is 0. The predicted molar refractivity (Wildman–Crippen MR) is 157 cm³/mol. The van der Waals surface area contributed by atoms with Crippen LogP contribution in [-0.2, 0) is 10.4 Å². The molecule has 3 aromatic carbocycles. The molecule has 0 amide bonds. The van der Waals surface area contributed by atoms with Gasteiger partial charge in [0.05, 0.1) is 24.8 Å². The van der Waals surface area contributed by atoms with Gasteiger partial charge in [0.15, 0.2) is 23.3 Å². The van der Waals surface area contributed by atoms with Gasteiger partial charge in [-0.25, -0.2) is 22.5 Å². The summed E-state index contributed by atoms with van der Waals surface area (Å²) >= 11 is 0. The number of halogens is 4. The number of aromatic nitrogens is 2. The van der Waals surface area contributed by atoms with E-state index >= 15 is 0 Å². The summed E-state index contributed by atoms with van der Waals surface area (Å²) in [6.45, 7) is 2.30. The van der Waals surface area contributed by atoms with Crippen molar-refractivity contribution in [3.05, 3.63) is 112 Å². The Morgan fingerprint density at radius 2 is 1.84 bits per heavy atom. The van der Waals surface area contributed by atoms with Gasteiger partial charge in [-0.15, -0.1) is 0 Å². The van der Waals surface area contributed by atoms with Crippen molar-refractivity contribution < 1.29 is 31.9 Å². The molecule has 7 nitrogen and oxygen atoms in total. The molecule has 44 heavy (non-hydrogen) atoms. The number of amidine groups is 1. The Balaban J connectivity index is 0.00000343. The van der Waals surface area contributed by atoms with Gasteiger partial charge in [-0.05, 0) is 78.9 Å². The van der Waals surface area contributed by atoms with E-state index in [2.05, 4.69) is 10.1 Å². The van der Waals surface area contributed by atoms with Gasteiger partial charge in [-0.2, -0.15) is 0 Å². The number of aryl methyl sites for hydroxylation is 1. The lowest BCUT2D eigenvalue weighted by atomic mass is 9.80. The maximum Gasteiger partial charge on any atom is 0.224 e. The van der Waals surface area contributed by atoms with Crippen molar-refractivity contribution in [3.8, 4) is 17.2 Å². The zero-order valence-corrected chi connectivity index (χ0v) is 23.3. The van der Waals surface area contributed by atoms with Crippen LogP contribution in [-0.4, -0.2) is 40.5 Å². The van der Waals surface area contributed by atoms with Gasteiger partial charge in [-0.1, -0.05) is 18.6 Å². The molecule has 1 aromatic heterocycles. The topological polar surface area (TPSA) is 61.1 Å². The number of oxime groups is 1. The van der Waals surface area contributed by atoms with Crippen LogP contribution in [0.25, 0.3) is 11.8 Å². The lowest BCUT2D eigenvalue weighted by molar-refractivity contribution is -0.125. The average Bonchev–Trinajstić information content (AvgIpc) is 3.59. The second-order valence-corrected chi connectivity index (χ2v) is 10.8. The van der Waals surface area contributed by atoms with Crippen molar-refractivity contribution in [1.82, 2.24) is 14.5 Å². The van der Waals surface area contributed by atoms with E-state index in [0.717, 1.165) is 34.7 Å². The summed E-state index contributed by atoms with van der Waals surface area (Å²) in [6.07, 6.45) is 6.95. The number of piperidine rings is 1. The van der Waals surface area contributed by atoms with Crippen LogP contribution in [0.15, 0.2) is 71.8 Å². The van der Waals surface area contributed by atoms with Crippen LogP contribution in [0.1, 0.15) is 48.7 Å². The van der Waals surface area contributed by atoms with Crippen molar-refractivity contribution >= 4 is 11.9 Å². The zero-order valence-electron chi connectivity index (χ0n) is 23.3. The molecule has 4 aromatic rings. The summed E-state index contributed by atoms with van der Waals surface area (Å²) < 4.78 is 70.8. The monoisotopic (exact) mass is 606 g/mol. The van der Waals surface area contributed by atoms with Gasteiger partial charge in [0.2, 0.25) is 5.60 Å². The number of nitrogens with zero attached hydrogens (tertiary/aromatic N) is 4. The Hall–Kier alpha value is -4.80. The van der Waals surface area contributed by atoms with Crippen LogP contribution < -0.4 is 9.47 Å². The Labute approximate surface area is 252 Å². The molecule has 228 valence electrons. The molecule has 11 heteroatoms. The molecule has 7 rings (SSSR count). The molecule has 4 heterocycles. The van der Waals surface area contributed by atoms with Crippen LogP contribution in [0.3, 0.4) is 0 Å². The highest BCUT2D eigenvalue weighted by Gasteiger charge is 2.57. The summed E-state index contributed by atoms with van der Waals surface area (Å²) in [4.78, 5) is 12.4. The van der Waals surface area contributed by atoms with Gasteiger partial charge in [0.1, 0.15) is 30.0 Å². The van der Waals surface area contributed by atoms with E-state index in [-0.39, 0.29) is 25.3 Å². The second-order valence-electron chi connectivity index (χ2n) is 10.8. The smallest absolute Gasteiger partial charge is 0.224 e. The molecule has 0 aliphatic carbocycles. The quantitative estimate of drug-likeness (QED) is 0.181. The summed E-state index contributed by atoms with van der Waals surface area (Å²) in [5.41, 5.74) is 2.65. The highest BCUT2D eigenvalue weighted by atomic mass is 19.2. The van der Waals surface area contributed by atoms with Crippen molar-refractivity contribution in [3.63, 3.8) is 0 Å². The molecule has 1 spiro atoms. The number of hydrogen-bond acceptors (Lipinski definition) is 6. The van der Waals surface area contributed by atoms with Crippen molar-refractivity contribution in [2.75, 3.05) is 20.3 Å². The van der Waals surface area contributed by atoms with Crippen LogP contribution in [0, 0.1) is 30.2 Å². The molecule has 1 saturated heterocycles. The molecule has 1 unspecified atom stereocenters. The molecule has 0 N–H and O–H groups in total. The normalized spacial score (nSPS) is 21.2. The molecule has 0 radical (unpaired) electrons. The fourth-order valence-corrected chi connectivity index (χ4v) is 6.23. The van der Waals surface area contributed by atoms with Gasteiger partial charge in [0.25, 0.3) is 0 Å². The minimum absolute atomic E-state index is 0. The van der Waals surface area contributed by atoms with E-state index in [1.807, 2.05) is 46.9 Å². The maximum absolute atomic E-state index is 14.6. The van der Waals surface area contributed by atoms with Gasteiger partial charge < -0.3 is 23.8 Å². The predicted octanol–water partition coefficient (Wildman–Crippen LogP) is 7.23. The standard InChI is InChI=1S/C32H26F4N4O3.CH4/c1-18-15-39(17-37-18)26-8-5-19(11-28(26)41-2)10-20-4-3-9-40-30(21-12-24(34)29(36)25(35)13-21)32(43-38-31(20)40)16-42-27-14-22(33)6-7-23(27)32;/h5-8,10-15,17,30H,3-4,9,16H2,1-2H3;1H4/b20-10+;/t30-,32?;/m0./s1. The van der Waals surface area contributed by atoms with E-state index in [1.165, 1.54) is 18.2 Å². The zero-order chi connectivity index (χ0) is 29.9. The highest BCUT2D eigenvalue weighted by molar-refractivity contribution is 6.03. The third kappa shape index (κ3) is 4.67. The molecule has 3 aliphatic rings. The van der Waals surface area contributed by atoms with Crippen molar-refractivity contribution in [1.29, 1.82) is 0 Å². The Morgan fingerprint density at radius 3 is 2.57 bits per heavy atom. The highest BCUT2D eigenvalue weighted by Crippen LogP contribution is 2.53. The van der Waals surface area contributed by atoms with Gasteiger partial charge in [-0.3, -0.25) is 0 Å². The Bertz CT molecular complexity index is 1800. The van der Waals surface area contributed by atoms with Crippen LogP contribution in [0.4, 0.5) is 17.6 Å². The first-order chi connectivity index (χ1) is 20.8. The number of imidazole rings is 1. The summed E-state index contributed by atoms with van der Waals surface area (Å²) in [5.74, 6) is -3.33. The van der Waals surface area contributed by atoms with E-state index < -0.39 is 34.9 Å². The molecule has 3 aliphatic heterocycles. The maximum atomic E-state index is 14.6. The molecular weight excluding hydrogens is 576 g/mol. The Morgan fingerprint density at radius 1 is 1.05 bits per heavy atom. The summed E-state index contributed by atoms with van der Waals surface area (Å²) in [6, 6.07) is 10.9. The first kappa shape index (κ1) is 29.3. The van der Waals surface area contributed by atoms with Crippen LogP contribution in [0.5, 0.6) is 11.5 Å². The number of benzene rings is 3. The van der Waals surface area contributed by atoms with Crippen LogP contribution >= 0.6 is 0 Å². The molecule has 0 saturated carbocycles. The molecular formula is C33H30F4N4O3. The largest absolute Gasteiger partial charge is 0.495 e. The third-order valence-electron chi connectivity index (χ3n) is 8.15. The van der Waals surface area contributed by atoms with E-state index in [4.69, 9.17) is 14.3 Å². The summed E-state index contributed by atoms with van der Waals surface area (Å²) in [7, 11) is 1.60. The summed E-state index contributed by atoms with van der Waals surface area (Å²) in [5, 5.41) is 4.53. The van der Waals surface area contributed by atoms with E-state index in [9.17, 15) is 17.6 Å². The Kier molecular flexibility index (Phi) is 7.35. The van der Waals surface area contributed by atoms with Gasteiger partial charge in [0, 0.05) is 24.4 Å². The third-order valence-corrected chi connectivity index (χ3v) is 8.15. The second kappa shape index (κ2) is 11.0. The lowest BCUT2D eigenvalue weighted by Crippen LogP contribution is -2.54. The number of rotatable bonds is 4. The van der Waals surface area contributed by atoms with Crippen molar-refractivity contribution in [2.24, 2.45) is 5.16 Å². The first-order valence-electron chi connectivity index (χ1n) is 13.8. The number of ether oxygens (including phenoxy) is 2. The number of methoxy groups -OCH3 is 1.